The van der Waals surface area contributed by atoms with Crippen LogP contribution in [-0.2, 0) is 23.7 Å². The summed E-state index contributed by atoms with van der Waals surface area (Å²) in [4.78, 5) is 13.5. The van der Waals surface area contributed by atoms with Crippen LogP contribution in [0.2, 0.25) is 0 Å². The molecule has 3 nitrogen and oxygen atoms in total. The average Bonchev–Trinajstić information content (AvgIpc) is 2.72. The fourth-order valence-corrected chi connectivity index (χ4v) is 4.17. The van der Waals surface area contributed by atoms with Crippen molar-refractivity contribution in [3.05, 3.63) is 70.8 Å². The quantitative estimate of drug-likeness (QED) is 0.554. The Morgan fingerprint density at radius 1 is 0.938 bits per heavy atom. The number of nitrogens with zero attached hydrogens (tertiary/aromatic N) is 1. The zero-order valence-electron chi connectivity index (χ0n) is 17.2. The Kier molecular flexibility index (Phi) is 6.88. The minimum absolute atomic E-state index is 0.188. The van der Waals surface area contributed by atoms with Crippen molar-refractivity contribution in [3.8, 4) is 0 Å². The number of carbonyl (C=O) groups is 1. The van der Waals surface area contributed by atoms with Gasteiger partial charge in [-0.1, -0.05) is 31.2 Å². The number of carboxylic acid groups (broad SMARTS) is 1. The van der Waals surface area contributed by atoms with Crippen molar-refractivity contribution in [1.82, 2.24) is 4.90 Å². The summed E-state index contributed by atoms with van der Waals surface area (Å²) < 4.78 is 77.0. The molecule has 3 rings (SSSR count). The van der Waals surface area contributed by atoms with Crippen LogP contribution in [0.25, 0.3) is 0 Å². The Hall–Kier alpha value is -2.55. The maximum atomic E-state index is 12.9. The van der Waals surface area contributed by atoms with Gasteiger partial charge in [-0.15, -0.1) is 0 Å². The Balaban J connectivity index is 1.80. The molecule has 1 aliphatic rings. The molecule has 1 aliphatic heterocycles. The van der Waals surface area contributed by atoms with E-state index in [0.717, 1.165) is 24.3 Å². The molecule has 0 saturated carbocycles. The molecule has 174 valence electrons. The van der Waals surface area contributed by atoms with Crippen molar-refractivity contribution in [2.24, 2.45) is 11.8 Å². The Bertz CT molecular complexity index is 921. The van der Waals surface area contributed by atoms with Gasteiger partial charge in [0.2, 0.25) is 0 Å². The topological polar surface area (TPSA) is 40.5 Å². The van der Waals surface area contributed by atoms with Crippen molar-refractivity contribution in [3.63, 3.8) is 0 Å². The summed E-state index contributed by atoms with van der Waals surface area (Å²) in [7, 11) is 0. The third kappa shape index (κ3) is 5.82. The lowest BCUT2D eigenvalue weighted by molar-refractivity contribution is -0.144. The first-order valence-electron chi connectivity index (χ1n) is 10.1. The SMILES string of the molecule is C[C@H](C(=O)O)[C@@H]1C[C@@H](c2ccc(C(F)(F)F)cc2)CN(Cc2ccc(C(F)(F)F)cc2)C1. The van der Waals surface area contributed by atoms with Crippen molar-refractivity contribution in [2.75, 3.05) is 13.1 Å². The molecule has 2 aromatic rings. The molecule has 0 aliphatic carbocycles. The highest BCUT2D eigenvalue weighted by Crippen LogP contribution is 2.37. The molecule has 1 heterocycles. The van der Waals surface area contributed by atoms with Gasteiger partial charge in [-0.3, -0.25) is 9.69 Å². The third-order valence-electron chi connectivity index (χ3n) is 6.05. The monoisotopic (exact) mass is 459 g/mol. The standard InChI is InChI=1S/C23H23F6NO2/c1-14(21(31)32)17-10-18(16-4-8-20(9-5-16)23(27,28)29)13-30(12-17)11-15-2-6-19(7-3-15)22(24,25)26/h2-9,14,17-18H,10-13H2,1H3,(H,31,32)/t14-,17+,18+/m0/s1. The van der Waals surface area contributed by atoms with E-state index in [2.05, 4.69) is 0 Å². The fraction of sp³-hybridized carbons (Fsp3) is 0.435. The molecular formula is C23H23F6NO2. The molecule has 0 spiro atoms. The number of hydrogen-bond acceptors (Lipinski definition) is 2. The lowest BCUT2D eigenvalue weighted by Crippen LogP contribution is -2.42. The van der Waals surface area contributed by atoms with E-state index < -0.39 is 35.4 Å². The number of hydrogen-bond donors (Lipinski definition) is 1. The van der Waals surface area contributed by atoms with Gasteiger partial charge < -0.3 is 5.11 Å². The Morgan fingerprint density at radius 3 is 1.91 bits per heavy atom. The molecule has 9 heteroatoms. The molecule has 3 atom stereocenters. The smallest absolute Gasteiger partial charge is 0.416 e. The number of rotatable bonds is 5. The van der Waals surface area contributed by atoms with E-state index in [-0.39, 0.29) is 11.8 Å². The summed E-state index contributed by atoms with van der Waals surface area (Å²) in [6, 6.07) is 9.64. The molecule has 0 aromatic heterocycles. The highest BCUT2D eigenvalue weighted by molar-refractivity contribution is 5.70. The lowest BCUT2D eigenvalue weighted by atomic mass is 9.78. The number of carboxylic acids is 1. The molecule has 2 aromatic carbocycles. The molecule has 0 amide bonds. The van der Waals surface area contributed by atoms with Gasteiger partial charge in [0, 0.05) is 19.6 Å². The van der Waals surface area contributed by atoms with Crippen LogP contribution >= 0.6 is 0 Å². The van der Waals surface area contributed by atoms with Crippen molar-refractivity contribution < 1.29 is 36.2 Å². The van der Waals surface area contributed by atoms with Crippen LogP contribution in [0.5, 0.6) is 0 Å². The second-order valence-electron chi connectivity index (χ2n) is 8.33. The van der Waals surface area contributed by atoms with Gasteiger partial charge in [0.1, 0.15) is 0 Å². The van der Waals surface area contributed by atoms with E-state index in [1.807, 2.05) is 4.90 Å². The summed E-state index contributed by atoms with van der Waals surface area (Å²) >= 11 is 0. The van der Waals surface area contributed by atoms with Gasteiger partial charge in [0.05, 0.1) is 17.0 Å². The van der Waals surface area contributed by atoms with Crippen LogP contribution in [0.1, 0.15) is 41.5 Å². The summed E-state index contributed by atoms with van der Waals surface area (Å²) in [6.07, 6.45) is -8.37. The van der Waals surface area contributed by atoms with Crippen LogP contribution in [0.4, 0.5) is 26.3 Å². The largest absolute Gasteiger partial charge is 0.481 e. The molecule has 1 fully saturated rings. The number of piperidine rings is 1. The highest BCUT2D eigenvalue weighted by Gasteiger charge is 2.35. The maximum Gasteiger partial charge on any atom is 0.416 e. The van der Waals surface area contributed by atoms with Crippen LogP contribution in [0.3, 0.4) is 0 Å². The van der Waals surface area contributed by atoms with E-state index in [1.165, 1.54) is 24.3 Å². The summed E-state index contributed by atoms with van der Waals surface area (Å²) in [6.45, 7) is 2.82. The van der Waals surface area contributed by atoms with Crippen LogP contribution in [-0.4, -0.2) is 29.1 Å². The molecular weight excluding hydrogens is 436 g/mol. The number of benzene rings is 2. The number of alkyl halides is 6. The van der Waals surface area contributed by atoms with Crippen LogP contribution in [0.15, 0.2) is 48.5 Å². The van der Waals surface area contributed by atoms with E-state index in [9.17, 15) is 36.2 Å². The number of aliphatic carboxylic acids is 1. The average molecular weight is 459 g/mol. The van der Waals surface area contributed by atoms with E-state index in [1.54, 1.807) is 6.92 Å². The van der Waals surface area contributed by atoms with Gasteiger partial charge in [-0.2, -0.15) is 26.3 Å². The first kappa shape index (κ1) is 24.1. The normalized spacial score (nSPS) is 21.3. The van der Waals surface area contributed by atoms with Gasteiger partial charge in [-0.25, -0.2) is 0 Å². The van der Waals surface area contributed by atoms with Crippen LogP contribution in [0, 0.1) is 11.8 Å². The Labute approximate surface area is 181 Å². The molecule has 0 bridgehead atoms. The minimum atomic E-state index is -4.44. The maximum absolute atomic E-state index is 12.9. The summed E-state index contributed by atoms with van der Waals surface area (Å²) in [5, 5.41) is 9.45. The first-order chi connectivity index (χ1) is 14.8. The zero-order chi connectivity index (χ0) is 23.7. The molecule has 1 saturated heterocycles. The van der Waals surface area contributed by atoms with Crippen molar-refractivity contribution in [1.29, 1.82) is 0 Å². The van der Waals surface area contributed by atoms with Gasteiger partial charge in [0.15, 0.2) is 0 Å². The summed E-state index contributed by atoms with van der Waals surface area (Å²) in [5.41, 5.74) is -0.181. The minimum Gasteiger partial charge on any atom is -0.481 e. The molecule has 1 N–H and O–H groups in total. The predicted octanol–water partition coefficient (Wildman–Crippen LogP) is 6.05. The lowest BCUT2D eigenvalue weighted by Gasteiger charge is -2.39. The predicted molar refractivity (Wildman–Crippen MR) is 106 cm³/mol. The summed E-state index contributed by atoms with van der Waals surface area (Å²) in [5.74, 6) is -2.06. The second-order valence-corrected chi connectivity index (χ2v) is 8.33. The van der Waals surface area contributed by atoms with E-state index in [0.29, 0.717) is 37.2 Å². The van der Waals surface area contributed by atoms with Crippen LogP contribution < -0.4 is 0 Å². The van der Waals surface area contributed by atoms with E-state index in [4.69, 9.17) is 0 Å². The zero-order valence-corrected chi connectivity index (χ0v) is 17.2. The van der Waals surface area contributed by atoms with Gasteiger partial charge in [-0.05, 0) is 53.6 Å². The van der Waals surface area contributed by atoms with Crippen molar-refractivity contribution >= 4 is 5.97 Å². The second kappa shape index (κ2) is 9.13. The fourth-order valence-electron chi connectivity index (χ4n) is 4.17. The number of halogens is 6. The third-order valence-corrected chi connectivity index (χ3v) is 6.05. The molecule has 0 unspecified atom stereocenters. The first-order valence-corrected chi connectivity index (χ1v) is 10.1. The Morgan fingerprint density at radius 2 is 1.44 bits per heavy atom. The van der Waals surface area contributed by atoms with Crippen molar-refractivity contribution in [2.45, 2.75) is 38.2 Å². The molecule has 0 radical (unpaired) electrons. The molecule has 32 heavy (non-hydrogen) atoms. The van der Waals surface area contributed by atoms with Gasteiger partial charge >= 0.3 is 18.3 Å². The van der Waals surface area contributed by atoms with E-state index >= 15 is 0 Å². The number of likely N-dealkylation sites (tertiary alicyclic amines) is 1. The van der Waals surface area contributed by atoms with Gasteiger partial charge in [0.25, 0.3) is 0 Å². The highest BCUT2D eigenvalue weighted by atomic mass is 19.4.